The van der Waals surface area contributed by atoms with E-state index in [4.69, 9.17) is 9.73 Å². The molecule has 1 fully saturated rings. The topological polar surface area (TPSA) is 39.4 Å². The minimum atomic E-state index is 0. The van der Waals surface area contributed by atoms with E-state index >= 15 is 0 Å². The molecule has 0 saturated heterocycles. The van der Waals surface area contributed by atoms with Crippen LogP contribution in [0.3, 0.4) is 0 Å². The predicted molar refractivity (Wildman–Crippen MR) is 170 cm³/mol. The summed E-state index contributed by atoms with van der Waals surface area (Å²) in [4.78, 5) is 9.77. The molecule has 43 heavy (non-hydrogen) atoms. The van der Waals surface area contributed by atoms with Crippen molar-refractivity contribution in [2.45, 2.75) is 38.6 Å². The van der Waals surface area contributed by atoms with Gasteiger partial charge in [0.05, 0.1) is 12.6 Å². The third-order valence-corrected chi connectivity index (χ3v) is 8.83. The number of pyridine rings is 1. The minimum Gasteiger partial charge on any atom is -0.518 e. The Morgan fingerprint density at radius 3 is 2.44 bits per heavy atom. The number of aromatic nitrogens is 2. The van der Waals surface area contributed by atoms with Crippen LogP contribution >= 0.6 is 0 Å². The zero-order chi connectivity index (χ0) is 28.0. The van der Waals surface area contributed by atoms with E-state index in [-0.39, 0.29) is 27.1 Å². The van der Waals surface area contributed by atoms with E-state index in [2.05, 4.69) is 114 Å². The van der Waals surface area contributed by atoms with Crippen molar-refractivity contribution in [1.82, 2.24) is 9.55 Å². The smallest absolute Gasteiger partial charge is 0.518 e. The Labute approximate surface area is 266 Å². The maximum absolute atomic E-state index is 6.28. The molecule has 0 unspecified atom stereocenters. The second-order valence-corrected chi connectivity index (χ2v) is 11.6. The van der Waals surface area contributed by atoms with Gasteiger partial charge >= 0.3 is 21.1 Å². The molecule has 6 aromatic rings. The molecule has 1 aliphatic heterocycles. The van der Waals surface area contributed by atoms with Gasteiger partial charge in [-0.05, 0) is 65.7 Å². The van der Waals surface area contributed by atoms with Crippen molar-refractivity contribution in [2.75, 3.05) is 6.61 Å². The first-order valence-electron chi connectivity index (χ1n) is 14.9. The van der Waals surface area contributed by atoms with Crippen LogP contribution in [0.4, 0.5) is 0 Å². The molecule has 8 rings (SSSR count). The summed E-state index contributed by atoms with van der Waals surface area (Å²) < 4.78 is 8.57. The summed E-state index contributed by atoms with van der Waals surface area (Å²) in [6.07, 6.45) is 6.97. The predicted octanol–water partition coefficient (Wildman–Crippen LogP) is 8.75. The number of aliphatic imine (C=N–C) groups is 1. The van der Waals surface area contributed by atoms with Crippen LogP contribution in [0.15, 0.2) is 102 Å². The summed E-state index contributed by atoms with van der Waals surface area (Å²) >= 11 is 0. The summed E-state index contributed by atoms with van der Waals surface area (Å²) in [5.41, 5.74) is 9.28. The first kappa shape index (κ1) is 27.8. The summed E-state index contributed by atoms with van der Waals surface area (Å²) in [5.74, 6) is 1.33. The van der Waals surface area contributed by atoms with Crippen LogP contribution in [0.2, 0.25) is 0 Å². The number of hydrogen-bond donors (Lipinski definition) is 0. The average Bonchev–Trinajstić information content (AvgIpc) is 3.80. The zero-order valence-corrected chi connectivity index (χ0v) is 26.3. The van der Waals surface area contributed by atoms with E-state index in [0.717, 1.165) is 50.1 Å². The van der Waals surface area contributed by atoms with Crippen molar-refractivity contribution in [3.63, 3.8) is 0 Å². The van der Waals surface area contributed by atoms with Gasteiger partial charge in [0.15, 0.2) is 0 Å². The fraction of sp³-hybridized carbons (Fsp3) is 0.211. The van der Waals surface area contributed by atoms with E-state index in [1.165, 1.54) is 36.6 Å². The Hall–Kier alpha value is -4.01. The molecule has 2 aromatic heterocycles. The molecule has 214 valence electrons. The number of nitrogens with zero attached hydrogens (tertiary/aromatic N) is 3. The van der Waals surface area contributed by atoms with Gasteiger partial charge in [0.2, 0.25) is 0 Å². The molecule has 4 nitrogen and oxygen atoms in total. The van der Waals surface area contributed by atoms with Crippen LogP contribution in [-0.2, 0) is 25.8 Å². The number of rotatable bonds is 5. The van der Waals surface area contributed by atoms with Crippen molar-refractivity contribution in [3.8, 4) is 28.1 Å². The normalized spacial score (nSPS) is 16.8. The molecular weight excluding hydrogens is 710 g/mol. The molecule has 1 saturated carbocycles. The van der Waals surface area contributed by atoms with Crippen molar-refractivity contribution >= 4 is 27.7 Å². The van der Waals surface area contributed by atoms with Crippen LogP contribution < -0.4 is 0 Å². The van der Waals surface area contributed by atoms with Gasteiger partial charge in [-0.1, -0.05) is 89.5 Å². The van der Waals surface area contributed by atoms with Crippen LogP contribution in [0.5, 0.6) is 0 Å². The van der Waals surface area contributed by atoms with Crippen molar-refractivity contribution in [1.29, 1.82) is 0 Å². The molecule has 0 amide bonds. The quantitative estimate of drug-likeness (QED) is 0.166. The van der Waals surface area contributed by atoms with Crippen molar-refractivity contribution < 1.29 is 25.8 Å². The molecule has 0 bridgehead atoms. The molecule has 5 heteroatoms. The van der Waals surface area contributed by atoms with Gasteiger partial charge in [-0.25, -0.2) is 0 Å². The minimum absolute atomic E-state index is 0. The summed E-state index contributed by atoms with van der Waals surface area (Å²) in [5, 5.41) is 2.33. The Morgan fingerprint density at radius 1 is 0.791 bits per heavy atom. The van der Waals surface area contributed by atoms with Gasteiger partial charge in [-0.15, -0.1) is 42.0 Å². The maximum atomic E-state index is 6.28. The third kappa shape index (κ3) is 5.12. The molecule has 2 aliphatic rings. The van der Waals surface area contributed by atoms with Gasteiger partial charge in [-0.3, -0.25) is 4.99 Å². The molecule has 1 atom stereocenters. The average molecular weight is 741 g/mol. The first-order valence-corrected chi connectivity index (χ1v) is 14.9. The SMILES string of the molecule is Cc1ccnc(-c2[c-]c3c(cc2)c2ccccc2n3-c2[c-]c(C3=N[C@H](C4CCCC4)CO3)cc(-c3ccccc3)c2)c1.[Pt+2]. The monoisotopic (exact) mass is 740 g/mol. The molecule has 1 aliphatic carbocycles. The molecule has 4 aromatic carbocycles. The number of ether oxygens (including phenoxy) is 1. The van der Waals surface area contributed by atoms with Gasteiger partial charge in [0, 0.05) is 11.7 Å². The fourth-order valence-electron chi connectivity index (χ4n) is 6.68. The Balaban J connectivity index is 0.00000300. The summed E-state index contributed by atoms with van der Waals surface area (Å²) in [6, 6.07) is 39.7. The van der Waals surface area contributed by atoms with Gasteiger partial charge in [-0.2, -0.15) is 0 Å². The Bertz CT molecular complexity index is 1970. The maximum Gasteiger partial charge on any atom is 2.00 e. The molecule has 0 radical (unpaired) electrons. The van der Waals surface area contributed by atoms with E-state index < -0.39 is 0 Å². The van der Waals surface area contributed by atoms with Gasteiger partial charge < -0.3 is 14.3 Å². The van der Waals surface area contributed by atoms with Crippen LogP contribution in [-0.4, -0.2) is 28.1 Å². The Morgan fingerprint density at radius 2 is 1.60 bits per heavy atom. The first-order chi connectivity index (χ1) is 20.7. The van der Waals surface area contributed by atoms with Gasteiger partial charge in [0.25, 0.3) is 0 Å². The fourth-order valence-corrected chi connectivity index (χ4v) is 6.68. The van der Waals surface area contributed by atoms with Crippen LogP contribution in [0.25, 0.3) is 49.9 Å². The van der Waals surface area contributed by atoms with Gasteiger partial charge in [0.1, 0.15) is 5.90 Å². The largest absolute Gasteiger partial charge is 2.00 e. The third-order valence-electron chi connectivity index (χ3n) is 8.83. The number of hydrogen-bond acceptors (Lipinski definition) is 3. The van der Waals surface area contributed by atoms with E-state index in [9.17, 15) is 0 Å². The van der Waals surface area contributed by atoms with E-state index in [1.54, 1.807) is 0 Å². The standard InChI is InChI=1S/C38H31N3O.Pt/c1-25-17-18-39-34(19-25)28-15-16-33-32-13-7-8-14-36(32)41(37(33)23-28)31-21-29(26-9-3-2-4-10-26)20-30(22-31)38-40-35(24-42-38)27-11-5-6-12-27;/h2-4,7-10,13-21,27,35H,5-6,11-12,24H2,1H3;/q-2;+2/t35-;/m0./s1. The second-order valence-electron chi connectivity index (χ2n) is 11.6. The summed E-state index contributed by atoms with van der Waals surface area (Å²) in [6.45, 7) is 2.76. The number of para-hydroxylation sites is 1. The number of benzene rings is 4. The molecule has 3 heterocycles. The number of fused-ring (bicyclic) bond motifs is 3. The van der Waals surface area contributed by atoms with Crippen LogP contribution in [0.1, 0.15) is 36.8 Å². The zero-order valence-electron chi connectivity index (χ0n) is 24.0. The summed E-state index contributed by atoms with van der Waals surface area (Å²) in [7, 11) is 0. The van der Waals surface area contributed by atoms with Crippen LogP contribution in [0, 0.1) is 25.0 Å². The second kappa shape index (κ2) is 11.6. The van der Waals surface area contributed by atoms with Crippen molar-refractivity contribution in [3.05, 3.63) is 120 Å². The van der Waals surface area contributed by atoms with E-state index in [0.29, 0.717) is 18.4 Å². The molecule has 0 N–H and O–H groups in total. The number of aryl methyl sites for hydroxylation is 1. The van der Waals surface area contributed by atoms with Crippen molar-refractivity contribution in [2.24, 2.45) is 10.9 Å². The van der Waals surface area contributed by atoms with E-state index in [1.807, 2.05) is 12.3 Å². The molecule has 0 spiro atoms. The Kier molecular flexibility index (Phi) is 7.49. The molecular formula is C38H31N3OPt.